The fourth-order valence-electron chi connectivity index (χ4n) is 2.03. The summed E-state index contributed by atoms with van der Waals surface area (Å²) in [5.41, 5.74) is 6.19. The van der Waals surface area contributed by atoms with E-state index in [1.165, 1.54) is 0 Å². The zero-order chi connectivity index (χ0) is 12.3. The zero-order valence-corrected chi connectivity index (χ0v) is 12.3. The summed E-state index contributed by atoms with van der Waals surface area (Å²) >= 11 is 0. The molecule has 3 nitrogen and oxygen atoms in total. The molecule has 0 aromatic carbocycles. The van der Waals surface area contributed by atoms with E-state index in [4.69, 9.17) is 5.73 Å². The van der Waals surface area contributed by atoms with Crippen molar-refractivity contribution >= 4 is 18.3 Å². The summed E-state index contributed by atoms with van der Waals surface area (Å²) < 4.78 is 0. The summed E-state index contributed by atoms with van der Waals surface area (Å²) in [7, 11) is 0. The van der Waals surface area contributed by atoms with E-state index in [2.05, 4.69) is 27.7 Å². The SMILES string of the molecule is CC1CN(C(=O)CCC(C)(C)C)CCC1N.Cl. The molecule has 0 aromatic rings. The first-order chi connectivity index (χ1) is 7.29. The van der Waals surface area contributed by atoms with Gasteiger partial charge in [0.1, 0.15) is 0 Å². The van der Waals surface area contributed by atoms with Crippen molar-refractivity contribution in [2.24, 2.45) is 17.1 Å². The maximum Gasteiger partial charge on any atom is 0.222 e. The molecular formula is C13H27ClN2O. The van der Waals surface area contributed by atoms with Crippen LogP contribution in [0.15, 0.2) is 0 Å². The molecule has 1 heterocycles. The molecule has 1 fully saturated rings. The van der Waals surface area contributed by atoms with Crippen molar-refractivity contribution in [3.05, 3.63) is 0 Å². The molecule has 0 aliphatic carbocycles. The predicted octanol–water partition coefficient (Wildman–Crippen LogP) is 2.43. The van der Waals surface area contributed by atoms with Crippen LogP contribution in [0.5, 0.6) is 0 Å². The number of carbonyl (C=O) groups is 1. The fraction of sp³-hybridized carbons (Fsp3) is 0.923. The summed E-state index contributed by atoms with van der Waals surface area (Å²) in [6.45, 7) is 10.3. The second kappa shape index (κ2) is 6.60. The van der Waals surface area contributed by atoms with Crippen molar-refractivity contribution in [1.82, 2.24) is 4.90 Å². The fourth-order valence-corrected chi connectivity index (χ4v) is 2.03. The average Bonchev–Trinajstić information content (AvgIpc) is 2.17. The standard InChI is InChI=1S/C13H26N2O.ClH/c1-10-9-15(8-6-11(10)14)12(16)5-7-13(2,3)4;/h10-11H,5-9,14H2,1-4H3;1H. The maximum absolute atomic E-state index is 12.0. The van der Waals surface area contributed by atoms with Gasteiger partial charge in [-0.1, -0.05) is 27.7 Å². The Bertz CT molecular complexity index is 250. The highest BCUT2D eigenvalue weighted by Crippen LogP contribution is 2.22. The van der Waals surface area contributed by atoms with E-state index in [0.29, 0.717) is 18.2 Å². The molecule has 1 saturated heterocycles. The number of halogens is 1. The average molecular weight is 263 g/mol. The lowest BCUT2D eigenvalue weighted by Crippen LogP contribution is -2.48. The van der Waals surface area contributed by atoms with Crippen molar-refractivity contribution in [1.29, 1.82) is 0 Å². The second-order valence-corrected chi connectivity index (χ2v) is 6.33. The Morgan fingerprint density at radius 3 is 2.47 bits per heavy atom. The maximum atomic E-state index is 12.0. The summed E-state index contributed by atoms with van der Waals surface area (Å²) in [6, 6.07) is 0.270. The number of piperidine rings is 1. The summed E-state index contributed by atoms with van der Waals surface area (Å²) in [5, 5.41) is 0. The van der Waals surface area contributed by atoms with E-state index in [1.807, 2.05) is 4.90 Å². The third kappa shape index (κ3) is 5.73. The van der Waals surface area contributed by atoms with E-state index >= 15 is 0 Å². The van der Waals surface area contributed by atoms with Gasteiger partial charge >= 0.3 is 0 Å². The topological polar surface area (TPSA) is 46.3 Å². The molecule has 1 rings (SSSR count). The molecule has 4 heteroatoms. The Kier molecular flexibility index (Phi) is 6.49. The monoisotopic (exact) mass is 262 g/mol. The van der Waals surface area contributed by atoms with E-state index in [-0.39, 0.29) is 23.9 Å². The van der Waals surface area contributed by atoms with Crippen LogP contribution in [0.1, 0.15) is 47.0 Å². The van der Waals surface area contributed by atoms with Gasteiger partial charge < -0.3 is 10.6 Å². The third-order valence-corrected chi connectivity index (χ3v) is 3.41. The van der Waals surface area contributed by atoms with Gasteiger partial charge in [-0.15, -0.1) is 12.4 Å². The highest BCUT2D eigenvalue weighted by atomic mass is 35.5. The number of carbonyl (C=O) groups excluding carboxylic acids is 1. The number of nitrogens with zero attached hydrogens (tertiary/aromatic N) is 1. The van der Waals surface area contributed by atoms with Gasteiger partial charge in [-0.2, -0.15) is 0 Å². The number of hydrogen-bond donors (Lipinski definition) is 1. The van der Waals surface area contributed by atoms with Gasteiger partial charge in [0.15, 0.2) is 0 Å². The van der Waals surface area contributed by atoms with Gasteiger partial charge in [0.25, 0.3) is 0 Å². The molecule has 2 unspecified atom stereocenters. The summed E-state index contributed by atoms with van der Waals surface area (Å²) in [5.74, 6) is 0.737. The lowest BCUT2D eigenvalue weighted by Gasteiger charge is -2.35. The number of hydrogen-bond acceptors (Lipinski definition) is 2. The minimum absolute atomic E-state index is 0. The molecule has 0 radical (unpaired) electrons. The molecule has 102 valence electrons. The first kappa shape index (κ1) is 16.7. The molecule has 0 spiro atoms. The van der Waals surface area contributed by atoms with Gasteiger partial charge in [-0.25, -0.2) is 0 Å². The molecular weight excluding hydrogens is 236 g/mol. The van der Waals surface area contributed by atoms with Crippen molar-refractivity contribution in [2.45, 2.75) is 53.0 Å². The lowest BCUT2D eigenvalue weighted by atomic mass is 9.89. The minimum Gasteiger partial charge on any atom is -0.342 e. The van der Waals surface area contributed by atoms with Crippen LogP contribution in [0.3, 0.4) is 0 Å². The molecule has 0 bridgehead atoms. The Morgan fingerprint density at radius 2 is 2.00 bits per heavy atom. The molecule has 0 saturated carbocycles. The van der Waals surface area contributed by atoms with E-state index in [9.17, 15) is 4.79 Å². The molecule has 1 aliphatic heterocycles. The minimum atomic E-state index is 0. The summed E-state index contributed by atoms with van der Waals surface area (Å²) in [4.78, 5) is 14.0. The van der Waals surface area contributed by atoms with Gasteiger partial charge in [0, 0.05) is 25.6 Å². The Balaban J connectivity index is 0.00000256. The molecule has 2 atom stereocenters. The Hall–Kier alpha value is -0.280. The van der Waals surface area contributed by atoms with Gasteiger partial charge in [-0.05, 0) is 24.2 Å². The van der Waals surface area contributed by atoms with Crippen molar-refractivity contribution in [2.75, 3.05) is 13.1 Å². The van der Waals surface area contributed by atoms with Crippen molar-refractivity contribution < 1.29 is 4.79 Å². The lowest BCUT2D eigenvalue weighted by molar-refractivity contribution is -0.133. The first-order valence-electron chi connectivity index (χ1n) is 6.33. The van der Waals surface area contributed by atoms with Crippen molar-refractivity contribution in [3.63, 3.8) is 0 Å². The molecule has 1 aliphatic rings. The van der Waals surface area contributed by atoms with Crippen LogP contribution in [-0.4, -0.2) is 29.9 Å². The quantitative estimate of drug-likeness (QED) is 0.831. The van der Waals surface area contributed by atoms with E-state index in [0.717, 1.165) is 25.9 Å². The Labute approximate surface area is 112 Å². The second-order valence-electron chi connectivity index (χ2n) is 6.33. The number of amides is 1. The normalized spacial score (nSPS) is 25.4. The third-order valence-electron chi connectivity index (χ3n) is 3.41. The number of rotatable bonds is 2. The van der Waals surface area contributed by atoms with Gasteiger partial charge in [0.05, 0.1) is 0 Å². The highest BCUT2D eigenvalue weighted by molar-refractivity contribution is 5.85. The van der Waals surface area contributed by atoms with E-state index in [1.54, 1.807) is 0 Å². The van der Waals surface area contributed by atoms with Crippen LogP contribution >= 0.6 is 12.4 Å². The molecule has 2 N–H and O–H groups in total. The van der Waals surface area contributed by atoms with Crippen LogP contribution < -0.4 is 5.73 Å². The van der Waals surface area contributed by atoms with Crippen molar-refractivity contribution in [3.8, 4) is 0 Å². The number of likely N-dealkylation sites (tertiary alicyclic amines) is 1. The van der Waals surface area contributed by atoms with Crippen LogP contribution in [0, 0.1) is 11.3 Å². The van der Waals surface area contributed by atoms with Crippen LogP contribution in [0.2, 0.25) is 0 Å². The molecule has 17 heavy (non-hydrogen) atoms. The predicted molar refractivity (Wildman–Crippen MR) is 74.3 cm³/mol. The van der Waals surface area contributed by atoms with E-state index < -0.39 is 0 Å². The molecule has 1 amide bonds. The smallest absolute Gasteiger partial charge is 0.222 e. The van der Waals surface area contributed by atoms with Crippen LogP contribution in [0.4, 0.5) is 0 Å². The Morgan fingerprint density at radius 1 is 1.41 bits per heavy atom. The zero-order valence-electron chi connectivity index (χ0n) is 11.5. The van der Waals surface area contributed by atoms with Crippen LogP contribution in [0.25, 0.3) is 0 Å². The number of nitrogens with two attached hydrogens (primary N) is 1. The summed E-state index contributed by atoms with van der Waals surface area (Å²) in [6.07, 6.45) is 2.58. The van der Waals surface area contributed by atoms with Gasteiger partial charge in [0.2, 0.25) is 5.91 Å². The first-order valence-corrected chi connectivity index (χ1v) is 6.33. The molecule has 0 aromatic heterocycles. The van der Waals surface area contributed by atoms with Gasteiger partial charge in [-0.3, -0.25) is 4.79 Å². The highest BCUT2D eigenvalue weighted by Gasteiger charge is 2.26. The van der Waals surface area contributed by atoms with Crippen LogP contribution in [-0.2, 0) is 4.79 Å². The largest absolute Gasteiger partial charge is 0.342 e.